The first-order chi connectivity index (χ1) is 10.6. The number of benzene rings is 1. The summed E-state index contributed by atoms with van der Waals surface area (Å²) in [7, 11) is 0. The first-order valence-electron chi connectivity index (χ1n) is 6.58. The van der Waals surface area contributed by atoms with Gasteiger partial charge in [0.1, 0.15) is 11.6 Å². The lowest BCUT2D eigenvalue weighted by Gasteiger charge is -2.19. The molecule has 0 radical (unpaired) electrons. The molecule has 1 saturated carbocycles. The predicted molar refractivity (Wildman–Crippen MR) is 75.4 cm³/mol. The smallest absolute Gasteiger partial charge is 0.223 e. The number of anilines is 1. The molecule has 8 heteroatoms. The van der Waals surface area contributed by atoms with Gasteiger partial charge in [0.2, 0.25) is 5.95 Å². The SMILES string of the molecule is N/C(=N/O)c1cnc(NC2(c3c(F)cccc3F)CC2)nc1. The van der Waals surface area contributed by atoms with Crippen molar-refractivity contribution < 1.29 is 14.0 Å². The lowest BCUT2D eigenvalue weighted by atomic mass is 10.0. The van der Waals surface area contributed by atoms with Gasteiger partial charge < -0.3 is 16.3 Å². The summed E-state index contributed by atoms with van der Waals surface area (Å²) >= 11 is 0. The summed E-state index contributed by atoms with van der Waals surface area (Å²) in [4.78, 5) is 8.04. The fourth-order valence-corrected chi connectivity index (χ4v) is 2.31. The third kappa shape index (κ3) is 2.43. The third-order valence-electron chi connectivity index (χ3n) is 3.60. The second-order valence-electron chi connectivity index (χ2n) is 5.08. The van der Waals surface area contributed by atoms with Gasteiger partial charge in [-0.05, 0) is 25.0 Å². The van der Waals surface area contributed by atoms with Gasteiger partial charge >= 0.3 is 0 Å². The quantitative estimate of drug-likeness (QED) is 0.347. The van der Waals surface area contributed by atoms with Crippen molar-refractivity contribution in [2.45, 2.75) is 18.4 Å². The summed E-state index contributed by atoms with van der Waals surface area (Å²) in [6.07, 6.45) is 3.88. The van der Waals surface area contributed by atoms with Crippen LogP contribution in [-0.4, -0.2) is 21.0 Å². The van der Waals surface area contributed by atoms with Crippen molar-refractivity contribution in [3.8, 4) is 0 Å². The summed E-state index contributed by atoms with van der Waals surface area (Å²) < 4.78 is 27.8. The lowest BCUT2D eigenvalue weighted by molar-refractivity contribution is 0.318. The number of hydrogen-bond donors (Lipinski definition) is 3. The molecule has 1 fully saturated rings. The Balaban J connectivity index is 1.87. The number of rotatable bonds is 4. The summed E-state index contributed by atoms with van der Waals surface area (Å²) in [5.41, 5.74) is 4.93. The molecule has 3 rings (SSSR count). The van der Waals surface area contributed by atoms with E-state index in [0.717, 1.165) is 0 Å². The second-order valence-corrected chi connectivity index (χ2v) is 5.08. The molecule has 0 saturated heterocycles. The van der Waals surface area contributed by atoms with Gasteiger partial charge in [0.15, 0.2) is 5.84 Å². The Labute approximate surface area is 124 Å². The summed E-state index contributed by atoms with van der Waals surface area (Å²) in [6, 6.07) is 3.78. The molecule has 2 aromatic rings. The van der Waals surface area contributed by atoms with E-state index in [1.165, 1.54) is 30.6 Å². The molecule has 1 aliphatic carbocycles. The average molecular weight is 305 g/mol. The van der Waals surface area contributed by atoms with Crippen LogP contribution in [0.3, 0.4) is 0 Å². The average Bonchev–Trinajstić information content (AvgIpc) is 3.27. The number of amidine groups is 1. The molecule has 6 nitrogen and oxygen atoms in total. The monoisotopic (exact) mass is 305 g/mol. The van der Waals surface area contributed by atoms with Gasteiger partial charge in [-0.2, -0.15) is 0 Å². The first-order valence-corrected chi connectivity index (χ1v) is 6.58. The molecule has 114 valence electrons. The number of nitrogens with zero attached hydrogens (tertiary/aromatic N) is 3. The number of nitrogens with one attached hydrogen (secondary N) is 1. The Kier molecular flexibility index (Phi) is 3.36. The molecular formula is C14H13F2N5O. The minimum absolute atomic E-state index is 0.000823. The van der Waals surface area contributed by atoms with Crippen molar-refractivity contribution >= 4 is 11.8 Å². The molecular weight excluding hydrogens is 292 g/mol. The number of oxime groups is 1. The van der Waals surface area contributed by atoms with E-state index in [4.69, 9.17) is 10.9 Å². The van der Waals surface area contributed by atoms with E-state index in [1.807, 2.05) is 0 Å². The van der Waals surface area contributed by atoms with Crippen LogP contribution >= 0.6 is 0 Å². The maximum Gasteiger partial charge on any atom is 0.223 e. The molecule has 0 unspecified atom stereocenters. The van der Waals surface area contributed by atoms with Crippen molar-refractivity contribution in [2.24, 2.45) is 10.9 Å². The van der Waals surface area contributed by atoms with Gasteiger partial charge in [-0.15, -0.1) is 0 Å². The van der Waals surface area contributed by atoms with Gasteiger partial charge in [-0.1, -0.05) is 11.2 Å². The minimum atomic E-state index is -0.826. The molecule has 22 heavy (non-hydrogen) atoms. The predicted octanol–water partition coefficient (Wildman–Crippen LogP) is 1.95. The number of nitrogens with two attached hydrogens (primary N) is 1. The van der Waals surface area contributed by atoms with Crippen LogP contribution in [0.1, 0.15) is 24.0 Å². The molecule has 0 aliphatic heterocycles. The van der Waals surface area contributed by atoms with Crippen LogP contribution in [0, 0.1) is 11.6 Å². The lowest BCUT2D eigenvalue weighted by Crippen LogP contribution is -2.23. The zero-order valence-electron chi connectivity index (χ0n) is 11.4. The Bertz CT molecular complexity index is 708. The van der Waals surface area contributed by atoms with Crippen molar-refractivity contribution in [2.75, 3.05) is 5.32 Å². The normalized spacial score (nSPS) is 16.4. The zero-order valence-corrected chi connectivity index (χ0v) is 11.4. The first kappa shape index (κ1) is 14.2. The van der Waals surface area contributed by atoms with Gasteiger partial charge in [0, 0.05) is 18.0 Å². The van der Waals surface area contributed by atoms with Crippen LogP contribution in [0.2, 0.25) is 0 Å². The van der Waals surface area contributed by atoms with Crippen molar-refractivity contribution in [1.82, 2.24) is 9.97 Å². The molecule has 0 atom stereocenters. The Morgan fingerprint density at radius 3 is 2.32 bits per heavy atom. The van der Waals surface area contributed by atoms with Gasteiger partial charge in [-0.3, -0.25) is 0 Å². The van der Waals surface area contributed by atoms with E-state index >= 15 is 0 Å². The number of aromatic nitrogens is 2. The van der Waals surface area contributed by atoms with Crippen LogP contribution in [0.4, 0.5) is 14.7 Å². The standard InChI is InChI=1S/C14H13F2N5O/c15-9-2-1-3-10(16)11(9)14(4-5-14)20-13-18-6-8(7-19-13)12(17)21-22/h1-3,6-7,22H,4-5H2,(H2,17,21)(H,18,19,20). The van der Waals surface area contributed by atoms with E-state index in [1.54, 1.807) is 0 Å². The van der Waals surface area contributed by atoms with Crippen molar-refractivity contribution in [3.05, 3.63) is 53.4 Å². The molecule has 1 heterocycles. The van der Waals surface area contributed by atoms with Gasteiger partial charge in [-0.25, -0.2) is 18.7 Å². The van der Waals surface area contributed by atoms with Gasteiger partial charge in [0.05, 0.1) is 11.1 Å². The molecule has 1 aromatic carbocycles. The van der Waals surface area contributed by atoms with E-state index in [0.29, 0.717) is 18.4 Å². The van der Waals surface area contributed by atoms with Crippen LogP contribution in [-0.2, 0) is 5.54 Å². The maximum absolute atomic E-state index is 13.9. The highest BCUT2D eigenvalue weighted by Crippen LogP contribution is 2.49. The third-order valence-corrected chi connectivity index (χ3v) is 3.60. The highest BCUT2D eigenvalue weighted by Gasteiger charge is 2.48. The van der Waals surface area contributed by atoms with Crippen LogP contribution in [0.5, 0.6) is 0 Å². The zero-order chi connectivity index (χ0) is 15.7. The Morgan fingerprint density at radius 2 is 1.82 bits per heavy atom. The van der Waals surface area contributed by atoms with E-state index in [9.17, 15) is 8.78 Å². The second kappa shape index (κ2) is 5.21. The Hall–Kier alpha value is -2.77. The summed E-state index contributed by atoms with van der Waals surface area (Å²) in [6.45, 7) is 0. The largest absolute Gasteiger partial charge is 0.409 e. The fourth-order valence-electron chi connectivity index (χ4n) is 2.31. The molecule has 0 spiro atoms. The van der Waals surface area contributed by atoms with E-state index in [-0.39, 0.29) is 17.3 Å². The van der Waals surface area contributed by atoms with Crippen molar-refractivity contribution in [3.63, 3.8) is 0 Å². The van der Waals surface area contributed by atoms with E-state index in [2.05, 4.69) is 20.4 Å². The van der Waals surface area contributed by atoms with Crippen LogP contribution in [0.15, 0.2) is 35.7 Å². The van der Waals surface area contributed by atoms with Crippen molar-refractivity contribution in [1.29, 1.82) is 0 Å². The number of halogens is 2. The molecule has 1 aliphatic rings. The summed E-state index contributed by atoms with van der Waals surface area (Å²) in [5.74, 6) is -1.10. The molecule has 0 amide bonds. The highest BCUT2D eigenvalue weighted by atomic mass is 19.1. The van der Waals surface area contributed by atoms with Crippen LogP contribution in [0.25, 0.3) is 0 Å². The van der Waals surface area contributed by atoms with Gasteiger partial charge in [0.25, 0.3) is 0 Å². The maximum atomic E-state index is 13.9. The van der Waals surface area contributed by atoms with Crippen LogP contribution < -0.4 is 11.1 Å². The molecule has 0 bridgehead atoms. The summed E-state index contributed by atoms with van der Waals surface area (Å²) in [5, 5.41) is 14.4. The minimum Gasteiger partial charge on any atom is -0.409 e. The topological polar surface area (TPSA) is 96.4 Å². The number of hydrogen-bond acceptors (Lipinski definition) is 5. The Morgan fingerprint density at radius 1 is 1.23 bits per heavy atom. The highest BCUT2D eigenvalue weighted by molar-refractivity contribution is 5.96. The molecule has 1 aromatic heterocycles. The molecule has 4 N–H and O–H groups in total. The fraction of sp³-hybridized carbons (Fsp3) is 0.214. The van der Waals surface area contributed by atoms with E-state index < -0.39 is 17.2 Å².